The second kappa shape index (κ2) is 5.79. The number of hydrogen-bond acceptors (Lipinski definition) is 5. The van der Waals surface area contributed by atoms with Gasteiger partial charge in [0.1, 0.15) is 5.01 Å². The molecule has 2 rings (SSSR count). The van der Waals surface area contributed by atoms with Crippen molar-refractivity contribution in [1.29, 1.82) is 0 Å². The van der Waals surface area contributed by atoms with Crippen molar-refractivity contribution < 1.29 is 0 Å². The molecule has 0 saturated carbocycles. The second-order valence-corrected chi connectivity index (χ2v) is 6.46. The van der Waals surface area contributed by atoms with E-state index in [9.17, 15) is 0 Å². The van der Waals surface area contributed by atoms with Gasteiger partial charge in [0.15, 0.2) is 0 Å². The maximum Gasteiger partial charge on any atom is 0.109 e. The molecule has 1 atom stereocenters. The van der Waals surface area contributed by atoms with Crippen LogP contribution < -0.4 is 5.32 Å². The number of rotatable bonds is 5. The molecule has 6 heteroatoms. The summed E-state index contributed by atoms with van der Waals surface area (Å²) in [6.07, 6.45) is 4.86. The van der Waals surface area contributed by atoms with E-state index in [1.54, 1.807) is 11.3 Å². The van der Waals surface area contributed by atoms with Crippen LogP contribution in [0.25, 0.3) is 0 Å². The van der Waals surface area contributed by atoms with Crippen molar-refractivity contribution in [3.05, 3.63) is 28.5 Å². The quantitative estimate of drug-likeness (QED) is 0.914. The first-order valence-electron chi connectivity index (χ1n) is 6.55. The fourth-order valence-corrected chi connectivity index (χ4v) is 2.54. The summed E-state index contributed by atoms with van der Waals surface area (Å²) in [4.78, 5) is 4.36. The van der Waals surface area contributed by atoms with Crippen molar-refractivity contribution in [2.24, 2.45) is 0 Å². The zero-order chi connectivity index (χ0) is 13.9. The van der Waals surface area contributed by atoms with Gasteiger partial charge >= 0.3 is 0 Å². The summed E-state index contributed by atoms with van der Waals surface area (Å²) >= 11 is 1.69. The molecule has 104 valence electrons. The van der Waals surface area contributed by atoms with Gasteiger partial charge in [-0.25, -0.2) is 9.67 Å². The molecular weight excluding hydrogens is 258 g/mol. The van der Waals surface area contributed by atoms with E-state index in [2.05, 4.69) is 48.3 Å². The molecule has 0 saturated heterocycles. The minimum absolute atomic E-state index is 0.0231. The molecule has 2 aromatic heterocycles. The predicted molar refractivity (Wildman–Crippen MR) is 77.0 cm³/mol. The standard InChI is InChI=1S/C13H21N5S/c1-5-11(12-14-6-7-19-12)15-8-10-9-18(17-16-10)13(2,3)4/h6-7,9,11,15H,5,8H2,1-4H3. The van der Waals surface area contributed by atoms with Crippen LogP contribution in [0.4, 0.5) is 0 Å². The first-order valence-corrected chi connectivity index (χ1v) is 7.43. The Balaban J connectivity index is 1.96. The zero-order valence-corrected chi connectivity index (χ0v) is 12.7. The minimum atomic E-state index is -0.0231. The molecule has 5 nitrogen and oxygen atoms in total. The van der Waals surface area contributed by atoms with Crippen LogP contribution in [0, 0.1) is 0 Å². The van der Waals surface area contributed by atoms with E-state index in [-0.39, 0.29) is 5.54 Å². The first kappa shape index (κ1) is 14.1. The summed E-state index contributed by atoms with van der Waals surface area (Å²) in [5.41, 5.74) is 0.940. The van der Waals surface area contributed by atoms with Gasteiger partial charge in [-0.2, -0.15) is 0 Å². The van der Waals surface area contributed by atoms with Crippen LogP contribution in [0.15, 0.2) is 17.8 Å². The van der Waals surface area contributed by atoms with Crippen molar-refractivity contribution in [2.45, 2.75) is 52.2 Å². The Labute approximate surface area is 118 Å². The van der Waals surface area contributed by atoms with E-state index in [0.717, 1.165) is 17.1 Å². The summed E-state index contributed by atoms with van der Waals surface area (Å²) < 4.78 is 1.90. The monoisotopic (exact) mass is 279 g/mol. The molecule has 19 heavy (non-hydrogen) atoms. The third-order valence-electron chi connectivity index (χ3n) is 2.92. The van der Waals surface area contributed by atoms with E-state index in [0.29, 0.717) is 12.6 Å². The normalized spacial score (nSPS) is 13.7. The maximum absolute atomic E-state index is 4.36. The SMILES string of the molecule is CCC(NCc1cn(C(C)(C)C)nn1)c1nccs1. The number of aromatic nitrogens is 4. The third-order valence-corrected chi connectivity index (χ3v) is 3.80. The molecule has 1 unspecified atom stereocenters. The average Bonchev–Trinajstić information content (AvgIpc) is 2.99. The molecule has 0 aliphatic carbocycles. The molecule has 0 amide bonds. The molecule has 0 aliphatic rings. The molecule has 1 N–H and O–H groups in total. The highest BCUT2D eigenvalue weighted by atomic mass is 32.1. The molecule has 0 radical (unpaired) electrons. The third kappa shape index (κ3) is 3.61. The highest BCUT2D eigenvalue weighted by molar-refractivity contribution is 7.09. The molecule has 0 aromatic carbocycles. The minimum Gasteiger partial charge on any atom is -0.302 e. The highest BCUT2D eigenvalue weighted by Gasteiger charge is 2.16. The van der Waals surface area contributed by atoms with Crippen molar-refractivity contribution in [3.8, 4) is 0 Å². The van der Waals surface area contributed by atoms with Gasteiger partial charge in [-0.15, -0.1) is 16.4 Å². The summed E-state index contributed by atoms with van der Waals surface area (Å²) in [7, 11) is 0. The summed E-state index contributed by atoms with van der Waals surface area (Å²) in [5, 5.41) is 15.0. The second-order valence-electron chi connectivity index (χ2n) is 5.54. The Kier molecular flexibility index (Phi) is 4.31. The summed E-state index contributed by atoms with van der Waals surface area (Å²) in [6.45, 7) is 9.22. The molecular formula is C13H21N5S. The molecule has 0 spiro atoms. The molecule has 0 bridgehead atoms. The number of thiazole rings is 1. The van der Waals surface area contributed by atoms with Gasteiger partial charge in [-0.1, -0.05) is 12.1 Å². The smallest absolute Gasteiger partial charge is 0.109 e. The van der Waals surface area contributed by atoms with Crippen LogP contribution >= 0.6 is 11.3 Å². The van der Waals surface area contributed by atoms with Crippen LogP contribution in [0.3, 0.4) is 0 Å². The van der Waals surface area contributed by atoms with Gasteiger partial charge in [0.25, 0.3) is 0 Å². The predicted octanol–water partition coefficient (Wildman–Crippen LogP) is 2.73. The van der Waals surface area contributed by atoms with Gasteiger partial charge in [0, 0.05) is 18.1 Å². The lowest BCUT2D eigenvalue weighted by Gasteiger charge is -2.17. The molecule has 2 aromatic rings. The lowest BCUT2D eigenvalue weighted by molar-refractivity contribution is 0.346. The van der Waals surface area contributed by atoms with E-state index in [1.807, 2.05) is 22.5 Å². The van der Waals surface area contributed by atoms with E-state index < -0.39 is 0 Å². The van der Waals surface area contributed by atoms with Crippen LogP contribution in [0.1, 0.15) is 50.9 Å². The average molecular weight is 279 g/mol. The van der Waals surface area contributed by atoms with Crippen LogP contribution in [-0.4, -0.2) is 20.0 Å². The van der Waals surface area contributed by atoms with Gasteiger partial charge in [0.05, 0.1) is 23.5 Å². The van der Waals surface area contributed by atoms with Crippen LogP contribution in [0.5, 0.6) is 0 Å². The molecule has 0 fully saturated rings. The summed E-state index contributed by atoms with van der Waals surface area (Å²) in [6, 6.07) is 0.291. The van der Waals surface area contributed by atoms with E-state index in [4.69, 9.17) is 0 Å². The topological polar surface area (TPSA) is 55.6 Å². The van der Waals surface area contributed by atoms with E-state index >= 15 is 0 Å². The number of hydrogen-bond donors (Lipinski definition) is 1. The fourth-order valence-electron chi connectivity index (χ4n) is 1.75. The Morgan fingerprint density at radius 2 is 2.21 bits per heavy atom. The first-order chi connectivity index (χ1) is 9.00. The Morgan fingerprint density at radius 3 is 2.74 bits per heavy atom. The van der Waals surface area contributed by atoms with Crippen LogP contribution in [-0.2, 0) is 12.1 Å². The number of nitrogens with zero attached hydrogens (tertiary/aromatic N) is 4. The van der Waals surface area contributed by atoms with Crippen molar-refractivity contribution >= 4 is 11.3 Å². The Morgan fingerprint density at radius 1 is 1.42 bits per heavy atom. The van der Waals surface area contributed by atoms with Gasteiger partial charge in [0.2, 0.25) is 0 Å². The van der Waals surface area contributed by atoms with Crippen LogP contribution in [0.2, 0.25) is 0 Å². The number of nitrogens with one attached hydrogen (secondary N) is 1. The van der Waals surface area contributed by atoms with E-state index in [1.165, 1.54) is 0 Å². The van der Waals surface area contributed by atoms with Crippen molar-refractivity contribution in [2.75, 3.05) is 0 Å². The van der Waals surface area contributed by atoms with Gasteiger partial charge < -0.3 is 5.32 Å². The zero-order valence-electron chi connectivity index (χ0n) is 11.9. The fraction of sp³-hybridized carbons (Fsp3) is 0.615. The highest BCUT2D eigenvalue weighted by Crippen LogP contribution is 2.19. The Hall–Kier alpha value is -1.27. The van der Waals surface area contributed by atoms with Crippen molar-refractivity contribution in [3.63, 3.8) is 0 Å². The lowest BCUT2D eigenvalue weighted by atomic mass is 10.1. The maximum atomic E-state index is 4.36. The molecule has 2 heterocycles. The van der Waals surface area contributed by atoms with Gasteiger partial charge in [-0.05, 0) is 27.2 Å². The summed E-state index contributed by atoms with van der Waals surface area (Å²) in [5.74, 6) is 0. The molecule has 0 aliphatic heterocycles. The lowest BCUT2D eigenvalue weighted by Crippen LogP contribution is -2.22. The van der Waals surface area contributed by atoms with Crippen molar-refractivity contribution in [1.82, 2.24) is 25.3 Å². The largest absolute Gasteiger partial charge is 0.302 e. The van der Waals surface area contributed by atoms with Gasteiger partial charge in [-0.3, -0.25) is 0 Å². The Bertz CT molecular complexity index is 497.